The van der Waals surface area contributed by atoms with Crippen molar-refractivity contribution in [3.8, 4) is 11.5 Å². The highest BCUT2D eigenvalue weighted by Crippen LogP contribution is 2.37. The van der Waals surface area contributed by atoms with Gasteiger partial charge in [-0.05, 0) is 23.6 Å². The molecule has 0 fully saturated rings. The predicted molar refractivity (Wildman–Crippen MR) is 64.4 cm³/mol. The molecule has 2 aromatic carbocycles. The minimum atomic E-state index is 0.319. The molecule has 2 aromatic rings. The maximum atomic E-state index is 9.80. The first-order valence-corrected chi connectivity index (χ1v) is 5.35. The van der Waals surface area contributed by atoms with Gasteiger partial charge in [0.15, 0.2) is 0 Å². The third kappa shape index (κ3) is 1.28. The summed E-state index contributed by atoms with van der Waals surface area (Å²) in [6, 6.07) is 9.50. The Kier molecular flexibility index (Phi) is 1.93. The van der Waals surface area contributed by atoms with E-state index in [-0.39, 0.29) is 0 Å². The molecular formula is C13H13NO2. The number of anilines is 1. The van der Waals surface area contributed by atoms with Crippen LogP contribution in [0.3, 0.4) is 0 Å². The van der Waals surface area contributed by atoms with E-state index in [4.69, 9.17) is 4.74 Å². The van der Waals surface area contributed by atoms with Gasteiger partial charge in [0.25, 0.3) is 0 Å². The van der Waals surface area contributed by atoms with E-state index in [2.05, 4.69) is 4.90 Å². The minimum Gasteiger partial charge on any atom is -0.507 e. The van der Waals surface area contributed by atoms with Gasteiger partial charge in [-0.3, -0.25) is 0 Å². The molecule has 0 unspecified atom stereocenters. The van der Waals surface area contributed by atoms with Crippen LogP contribution in [0, 0.1) is 0 Å². The number of likely N-dealkylation sites (N-methyl/N-ethyl adjacent to an activating group) is 1. The minimum absolute atomic E-state index is 0.319. The van der Waals surface area contributed by atoms with Crippen LogP contribution in [-0.2, 0) is 0 Å². The Morgan fingerprint density at radius 3 is 3.06 bits per heavy atom. The number of hydrogen-bond acceptors (Lipinski definition) is 3. The summed E-state index contributed by atoms with van der Waals surface area (Å²) in [6.45, 7) is 1.60. The van der Waals surface area contributed by atoms with Crippen LogP contribution in [0.2, 0.25) is 0 Å². The normalized spacial score (nSPS) is 14.7. The number of benzene rings is 2. The average molecular weight is 215 g/mol. The SMILES string of the molecule is CN1CCOc2cc3cccc(O)c3cc21. The molecule has 1 heterocycles. The molecule has 0 aromatic heterocycles. The molecule has 3 nitrogen and oxygen atoms in total. The summed E-state index contributed by atoms with van der Waals surface area (Å²) >= 11 is 0. The maximum Gasteiger partial charge on any atom is 0.143 e. The van der Waals surface area contributed by atoms with Gasteiger partial charge in [-0.15, -0.1) is 0 Å². The lowest BCUT2D eigenvalue weighted by Gasteiger charge is -2.28. The first-order chi connectivity index (χ1) is 7.75. The molecule has 0 saturated heterocycles. The van der Waals surface area contributed by atoms with Crippen LogP contribution in [0.5, 0.6) is 11.5 Å². The van der Waals surface area contributed by atoms with E-state index in [0.29, 0.717) is 12.4 Å². The fourth-order valence-electron chi connectivity index (χ4n) is 2.10. The molecule has 0 spiro atoms. The van der Waals surface area contributed by atoms with E-state index in [1.54, 1.807) is 6.07 Å². The van der Waals surface area contributed by atoms with Crippen LogP contribution in [0.25, 0.3) is 10.8 Å². The van der Waals surface area contributed by atoms with Gasteiger partial charge in [0.1, 0.15) is 18.1 Å². The first kappa shape index (κ1) is 9.33. The third-order valence-electron chi connectivity index (χ3n) is 3.03. The summed E-state index contributed by atoms with van der Waals surface area (Å²) in [4.78, 5) is 2.14. The number of rotatable bonds is 0. The number of phenolic OH excluding ortho intramolecular Hbond substituents is 1. The molecule has 1 N–H and O–H groups in total. The zero-order valence-electron chi connectivity index (χ0n) is 9.10. The largest absolute Gasteiger partial charge is 0.507 e. The highest BCUT2D eigenvalue weighted by Gasteiger charge is 2.16. The van der Waals surface area contributed by atoms with Gasteiger partial charge < -0.3 is 14.7 Å². The molecule has 16 heavy (non-hydrogen) atoms. The standard InChI is InChI=1S/C13H13NO2/c1-14-5-6-16-13-7-9-3-2-4-12(15)10(9)8-11(13)14/h2-4,7-8,15H,5-6H2,1H3. The smallest absolute Gasteiger partial charge is 0.143 e. The van der Waals surface area contributed by atoms with E-state index < -0.39 is 0 Å². The summed E-state index contributed by atoms with van der Waals surface area (Å²) < 4.78 is 5.62. The molecule has 1 aliphatic heterocycles. The zero-order valence-corrected chi connectivity index (χ0v) is 9.10. The highest BCUT2D eigenvalue weighted by molar-refractivity contribution is 5.93. The number of fused-ring (bicyclic) bond motifs is 2. The zero-order chi connectivity index (χ0) is 11.1. The number of aromatic hydroxyl groups is 1. The Balaban J connectivity index is 2.31. The monoisotopic (exact) mass is 215 g/mol. The highest BCUT2D eigenvalue weighted by atomic mass is 16.5. The lowest BCUT2D eigenvalue weighted by atomic mass is 10.1. The first-order valence-electron chi connectivity index (χ1n) is 5.35. The van der Waals surface area contributed by atoms with Crippen LogP contribution in [0.15, 0.2) is 30.3 Å². The van der Waals surface area contributed by atoms with Crippen LogP contribution < -0.4 is 9.64 Å². The molecule has 0 atom stereocenters. The summed E-state index contributed by atoms with van der Waals surface area (Å²) in [5.41, 5.74) is 1.04. The van der Waals surface area contributed by atoms with Crippen LogP contribution in [0.4, 0.5) is 5.69 Å². The van der Waals surface area contributed by atoms with Crippen molar-refractivity contribution >= 4 is 16.5 Å². The lowest BCUT2D eigenvalue weighted by Crippen LogP contribution is -2.28. The third-order valence-corrected chi connectivity index (χ3v) is 3.03. The molecule has 1 aliphatic rings. The summed E-state index contributed by atoms with van der Waals surface area (Å²) in [6.07, 6.45) is 0. The average Bonchev–Trinajstić information content (AvgIpc) is 2.28. The second-order valence-electron chi connectivity index (χ2n) is 4.09. The molecule has 3 rings (SSSR count). The van der Waals surface area contributed by atoms with E-state index in [1.165, 1.54) is 0 Å². The Labute approximate surface area is 93.9 Å². The summed E-state index contributed by atoms with van der Waals surface area (Å²) in [5, 5.41) is 11.7. The number of hydrogen-bond donors (Lipinski definition) is 1. The van der Waals surface area contributed by atoms with Gasteiger partial charge in [0.2, 0.25) is 0 Å². The maximum absolute atomic E-state index is 9.80. The van der Waals surface area contributed by atoms with E-state index in [1.807, 2.05) is 31.3 Å². The summed E-state index contributed by atoms with van der Waals surface area (Å²) in [7, 11) is 2.03. The van der Waals surface area contributed by atoms with Crippen LogP contribution in [-0.4, -0.2) is 25.3 Å². The van der Waals surface area contributed by atoms with Gasteiger partial charge in [-0.25, -0.2) is 0 Å². The number of nitrogens with zero attached hydrogens (tertiary/aromatic N) is 1. The van der Waals surface area contributed by atoms with E-state index in [0.717, 1.165) is 28.8 Å². The Hall–Kier alpha value is -1.90. The Morgan fingerprint density at radius 1 is 1.31 bits per heavy atom. The second-order valence-corrected chi connectivity index (χ2v) is 4.09. The molecule has 0 aliphatic carbocycles. The predicted octanol–water partition coefficient (Wildman–Crippen LogP) is 2.37. The van der Waals surface area contributed by atoms with Crippen molar-refractivity contribution in [2.75, 3.05) is 25.1 Å². The Bertz CT molecular complexity index is 551. The van der Waals surface area contributed by atoms with Crippen molar-refractivity contribution in [3.05, 3.63) is 30.3 Å². The molecule has 0 saturated carbocycles. The van der Waals surface area contributed by atoms with Crippen LogP contribution >= 0.6 is 0 Å². The molecule has 0 bridgehead atoms. The fourth-order valence-corrected chi connectivity index (χ4v) is 2.10. The van der Waals surface area contributed by atoms with Crippen molar-refractivity contribution in [2.24, 2.45) is 0 Å². The van der Waals surface area contributed by atoms with Gasteiger partial charge in [-0.2, -0.15) is 0 Å². The number of ether oxygens (including phenoxy) is 1. The number of phenols is 1. The van der Waals surface area contributed by atoms with Crippen molar-refractivity contribution in [2.45, 2.75) is 0 Å². The molecule has 0 amide bonds. The van der Waals surface area contributed by atoms with Crippen molar-refractivity contribution in [1.82, 2.24) is 0 Å². The van der Waals surface area contributed by atoms with E-state index in [9.17, 15) is 5.11 Å². The molecular weight excluding hydrogens is 202 g/mol. The molecule has 3 heteroatoms. The van der Waals surface area contributed by atoms with E-state index >= 15 is 0 Å². The topological polar surface area (TPSA) is 32.7 Å². The van der Waals surface area contributed by atoms with Gasteiger partial charge in [0.05, 0.1) is 12.2 Å². The van der Waals surface area contributed by atoms with Crippen molar-refractivity contribution in [3.63, 3.8) is 0 Å². The second kappa shape index (κ2) is 3.30. The van der Waals surface area contributed by atoms with Gasteiger partial charge in [0, 0.05) is 12.4 Å². The van der Waals surface area contributed by atoms with Gasteiger partial charge in [-0.1, -0.05) is 12.1 Å². The molecule has 0 radical (unpaired) electrons. The van der Waals surface area contributed by atoms with Crippen molar-refractivity contribution < 1.29 is 9.84 Å². The van der Waals surface area contributed by atoms with Crippen LogP contribution in [0.1, 0.15) is 0 Å². The Morgan fingerprint density at radius 2 is 2.19 bits per heavy atom. The van der Waals surface area contributed by atoms with Crippen molar-refractivity contribution in [1.29, 1.82) is 0 Å². The molecule has 82 valence electrons. The van der Waals surface area contributed by atoms with Gasteiger partial charge >= 0.3 is 0 Å². The quantitative estimate of drug-likeness (QED) is 0.732. The fraction of sp³-hybridized carbons (Fsp3) is 0.231. The summed E-state index contributed by atoms with van der Waals surface area (Å²) in [5.74, 6) is 1.21. The lowest BCUT2D eigenvalue weighted by molar-refractivity contribution is 0.312.